The van der Waals surface area contributed by atoms with Gasteiger partial charge in [-0.05, 0) is 54.0 Å². The van der Waals surface area contributed by atoms with Crippen LogP contribution < -0.4 is 5.32 Å². The topological polar surface area (TPSA) is 52.2 Å². The minimum absolute atomic E-state index is 0.168. The van der Waals surface area contributed by atoms with Gasteiger partial charge >= 0.3 is 12.4 Å². The zero-order chi connectivity index (χ0) is 28.3. The normalized spacial score (nSPS) is 15.3. The Kier molecular flexibility index (Phi) is 10.9. The predicted molar refractivity (Wildman–Crippen MR) is 132 cm³/mol. The van der Waals surface area contributed by atoms with Crippen molar-refractivity contribution < 1.29 is 40.1 Å². The van der Waals surface area contributed by atoms with Crippen LogP contribution in [0.3, 0.4) is 0 Å². The summed E-state index contributed by atoms with van der Waals surface area (Å²) in [6.45, 7) is 1.32. The third-order valence-corrected chi connectivity index (χ3v) is 7.69. The average Bonchev–Trinajstić information content (AvgIpc) is 2.72. The Morgan fingerprint density at radius 3 is 2.08 bits per heavy atom. The highest BCUT2D eigenvalue weighted by Crippen LogP contribution is 2.42. The van der Waals surface area contributed by atoms with Crippen molar-refractivity contribution in [3.8, 4) is 0 Å². The van der Waals surface area contributed by atoms with Crippen LogP contribution in [-0.4, -0.2) is 40.4 Å². The maximum Gasteiger partial charge on any atom is 0.433 e. The highest BCUT2D eigenvalue weighted by molar-refractivity contribution is 7.91. The number of allylic oxidation sites excluding steroid dienone is 1. The van der Waals surface area contributed by atoms with E-state index in [1.165, 1.54) is 6.92 Å². The minimum Gasteiger partial charge on any atom is -0.616 e. The highest BCUT2D eigenvalue weighted by Gasteiger charge is 2.40. The fraction of sp³-hybridized carbons (Fsp3) is 0.318. The Morgan fingerprint density at radius 1 is 1.03 bits per heavy atom. The summed E-state index contributed by atoms with van der Waals surface area (Å²) < 4.78 is 104. The maximum absolute atomic E-state index is 14.9. The van der Waals surface area contributed by atoms with Crippen LogP contribution >= 0.6 is 46.4 Å². The third kappa shape index (κ3) is 9.40. The van der Waals surface area contributed by atoms with Crippen LogP contribution in [0, 0.1) is 0 Å². The zero-order valence-corrected chi connectivity index (χ0v) is 22.3. The first-order valence-corrected chi connectivity index (χ1v) is 13.0. The Bertz CT molecular complexity index is 1150. The lowest BCUT2D eigenvalue weighted by molar-refractivity contribution is -0.139. The maximum atomic E-state index is 14.9. The van der Waals surface area contributed by atoms with Crippen LogP contribution in [0.2, 0.25) is 20.1 Å². The molecule has 0 saturated heterocycles. The number of carbonyl (C=O) groups is 1. The van der Waals surface area contributed by atoms with Gasteiger partial charge in [0.05, 0.1) is 31.7 Å². The van der Waals surface area contributed by atoms with E-state index in [-0.39, 0.29) is 37.3 Å². The molecule has 2 aromatic rings. The van der Waals surface area contributed by atoms with Crippen molar-refractivity contribution >= 4 is 69.3 Å². The van der Waals surface area contributed by atoms with Crippen LogP contribution in [0.1, 0.15) is 34.3 Å². The molecule has 2 unspecified atom stereocenters. The van der Waals surface area contributed by atoms with E-state index < -0.39 is 64.3 Å². The molecule has 0 bridgehead atoms. The molecule has 2 aromatic carbocycles. The van der Waals surface area contributed by atoms with Gasteiger partial charge in [0.2, 0.25) is 5.75 Å². The fourth-order valence-electron chi connectivity index (χ4n) is 3.09. The van der Waals surface area contributed by atoms with Crippen molar-refractivity contribution in [3.63, 3.8) is 0 Å². The summed E-state index contributed by atoms with van der Waals surface area (Å²) in [5.41, 5.74) is -1.09. The molecule has 0 aliphatic heterocycles. The fourth-order valence-corrected chi connectivity index (χ4v) is 5.09. The molecule has 0 radical (unpaired) electrons. The standard InChI is InChI=1S/C22H16Cl4F7NO2S/c1-10(8-37(36)9-21(28,29)30)34-20(35)13-3-2-11(4-15(13)23)18(27)7-14(22(31,32)33)12-5-16(24)19(26)17(25)6-12/h2-7,10,14H,8-9H2,1H3,(H,34,35)/b18-7-/t10-,14?,37?/m1/s1. The predicted octanol–water partition coefficient (Wildman–Crippen LogP) is 8.39. The van der Waals surface area contributed by atoms with E-state index in [1.54, 1.807) is 0 Å². The van der Waals surface area contributed by atoms with E-state index in [0.717, 1.165) is 30.3 Å². The van der Waals surface area contributed by atoms with E-state index in [9.17, 15) is 40.1 Å². The van der Waals surface area contributed by atoms with Crippen molar-refractivity contribution in [2.45, 2.75) is 31.2 Å². The Balaban J connectivity index is 2.25. The van der Waals surface area contributed by atoms with E-state index in [1.807, 2.05) is 0 Å². The quantitative estimate of drug-likeness (QED) is 0.181. The Labute approximate surface area is 230 Å². The third-order valence-electron chi connectivity index (χ3n) is 4.66. The van der Waals surface area contributed by atoms with Crippen molar-refractivity contribution in [1.29, 1.82) is 0 Å². The molecule has 37 heavy (non-hydrogen) atoms. The molecule has 0 aliphatic rings. The van der Waals surface area contributed by atoms with Gasteiger partial charge in [-0.1, -0.05) is 52.5 Å². The number of halogens is 11. The summed E-state index contributed by atoms with van der Waals surface area (Å²) in [6, 6.07) is 3.80. The number of alkyl halides is 6. The number of hydrogen-bond acceptors (Lipinski definition) is 2. The van der Waals surface area contributed by atoms with Gasteiger partial charge in [0, 0.05) is 5.56 Å². The second-order valence-corrected chi connectivity index (χ2v) is 10.9. The van der Waals surface area contributed by atoms with Crippen molar-refractivity contribution in [2.75, 3.05) is 11.5 Å². The lowest BCUT2D eigenvalue weighted by Gasteiger charge is -2.19. The van der Waals surface area contributed by atoms with Gasteiger partial charge < -0.3 is 9.87 Å². The van der Waals surface area contributed by atoms with Crippen molar-refractivity contribution in [1.82, 2.24) is 5.32 Å². The number of rotatable bonds is 8. The molecule has 0 fully saturated rings. The number of hydrogen-bond donors (Lipinski definition) is 1. The second-order valence-electron chi connectivity index (χ2n) is 7.77. The first-order chi connectivity index (χ1) is 16.9. The van der Waals surface area contributed by atoms with E-state index in [0.29, 0.717) is 0 Å². The summed E-state index contributed by atoms with van der Waals surface area (Å²) in [7, 11) is 0. The van der Waals surface area contributed by atoms with Crippen LogP contribution in [0.5, 0.6) is 0 Å². The number of nitrogens with one attached hydrogen (secondary N) is 1. The molecular weight excluding hydrogens is 617 g/mol. The van der Waals surface area contributed by atoms with Gasteiger partial charge in [-0.15, -0.1) is 0 Å². The molecular formula is C22H16Cl4F7NO2S. The van der Waals surface area contributed by atoms with E-state index in [4.69, 9.17) is 46.4 Å². The van der Waals surface area contributed by atoms with E-state index in [2.05, 4.69) is 5.32 Å². The Hall–Kier alpha value is -1.37. The molecule has 3 nitrogen and oxygen atoms in total. The average molecular weight is 633 g/mol. The van der Waals surface area contributed by atoms with Crippen LogP contribution in [0.15, 0.2) is 36.4 Å². The molecule has 0 saturated carbocycles. The first kappa shape index (κ1) is 31.8. The summed E-state index contributed by atoms with van der Waals surface area (Å²) in [5, 5.41) is 1.28. The smallest absolute Gasteiger partial charge is 0.433 e. The van der Waals surface area contributed by atoms with Crippen LogP contribution in [-0.2, 0) is 11.2 Å². The summed E-state index contributed by atoms with van der Waals surface area (Å²) in [4.78, 5) is 12.4. The minimum atomic E-state index is -4.94. The van der Waals surface area contributed by atoms with E-state index >= 15 is 0 Å². The SMILES string of the molecule is C[C@H](C[S+]([O-])CC(F)(F)F)NC(=O)c1ccc(/C(F)=C/C(c2cc(Cl)c(Cl)c(Cl)c2)C(F)(F)F)cc1Cl. The van der Waals surface area contributed by atoms with Crippen LogP contribution in [0.25, 0.3) is 5.83 Å². The molecule has 15 heteroatoms. The van der Waals surface area contributed by atoms with Gasteiger partial charge in [-0.25, -0.2) is 4.39 Å². The summed E-state index contributed by atoms with van der Waals surface area (Å²) >= 11 is 21.1. The molecule has 0 aromatic heterocycles. The van der Waals surface area contributed by atoms with Gasteiger partial charge in [-0.2, -0.15) is 26.3 Å². The lowest BCUT2D eigenvalue weighted by Crippen LogP contribution is -2.39. The largest absolute Gasteiger partial charge is 0.616 e. The first-order valence-electron chi connectivity index (χ1n) is 10.00. The highest BCUT2D eigenvalue weighted by atomic mass is 35.5. The number of carbonyl (C=O) groups excluding carboxylic acids is 1. The van der Waals surface area contributed by atoms with Gasteiger partial charge in [-0.3, -0.25) is 4.79 Å². The Morgan fingerprint density at radius 2 is 1.59 bits per heavy atom. The molecule has 1 N–H and O–H groups in total. The molecule has 204 valence electrons. The summed E-state index contributed by atoms with van der Waals surface area (Å²) in [6.07, 6.45) is -9.30. The molecule has 0 spiro atoms. The molecule has 1 amide bonds. The summed E-state index contributed by atoms with van der Waals surface area (Å²) in [5.74, 6) is -6.68. The zero-order valence-electron chi connectivity index (χ0n) is 18.4. The molecule has 2 rings (SSSR count). The molecule has 0 heterocycles. The van der Waals surface area contributed by atoms with Gasteiger partial charge in [0.1, 0.15) is 17.5 Å². The van der Waals surface area contributed by atoms with Crippen molar-refractivity contribution in [3.05, 3.63) is 73.2 Å². The second kappa shape index (κ2) is 12.7. The molecule has 0 aliphatic carbocycles. The monoisotopic (exact) mass is 631 g/mol. The number of benzene rings is 2. The molecule has 3 atom stereocenters. The van der Waals surface area contributed by atoms with Gasteiger partial charge in [0.15, 0.2) is 0 Å². The lowest BCUT2D eigenvalue weighted by atomic mass is 9.96. The number of amides is 1. The van der Waals surface area contributed by atoms with Crippen molar-refractivity contribution in [2.24, 2.45) is 0 Å². The van der Waals surface area contributed by atoms with Gasteiger partial charge in [0.25, 0.3) is 5.91 Å². The van der Waals surface area contributed by atoms with Crippen LogP contribution in [0.4, 0.5) is 30.7 Å².